The maximum Gasteiger partial charge on any atom is 0.274 e. The lowest BCUT2D eigenvalue weighted by atomic mass is 10.2. The molecule has 0 radical (unpaired) electrons. The summed E-state index contributed by atoms with van der Waals surface area (Å²) in [6.45, 7) is 4.25. The van der Waals surface area contributed by atoms with Crippen molar-refractivity contribution >= 4 is 17.4 Å². The molecule has 7 nitrogen and oxygen atoms in total. The van der Waals surface area contributed by atoms with E-state index in [4.69, 9.17) is 4.74 Å². The topological polar surface area (TPSA) is 89.0 Å². The van der Waals surface area contributed by atoms with Gasteiger partial charge in [-0.3, -0.25) is 9.78 Å². The summed E-state index contributed by atoms with van der Waals surface area (Å²) in [4.78, 5) is 25.3. The highest BCUT2D eigenvalue weighted by molar-refractivity contribution is 6.04. The number of amides is 1. The van der Waals surface area contributed by atoms with E-state index in [9.17, 15) is 4.79 Å². The van der Waals surface area contributed by atoms with Crippen molar-refractivity contribution in [3.05, 3.63) is 71.4 Å². The number of rotatable bonds is 6. The molecule has 0 fully saturated rings. The van der Waals surface area contributed by atoms with Gasteiger partial charge in [-0.25, -0.2) is 9.97 Å². The monoisotopic (exact) mass is 363 g/mol. The van der Waals surface area contributed by atoms with Gasteiger partial charge in [-0.05, 0) is 43.2 Å². The van der Waals surface area contributed by atoms with Crippen LogP contribution in [0.15, 0.2) is 48.8 Å². The van der Waals surface area contributed by atoms with E-state index < -0.39 is 0 Å². The van der Waals surface area contributed by atoms with E-state index in [1.807, 2.05) is 37.3 Å². The molecule has 3 rings (SSSR count). The normalized spacial score (nSPS) is 10.3. The average Bonchev–Trinajstić information content (AvgIpc) is 2.67. The van der Waals surface area contributed by atoms with Crippen molar-refractivity contribution in [1.29, 1.82) is 0 Å². The van der Waals surface area contributed by atoms with E-state index in [0.29, 0.717) is 29.6 Å². The van der Waals surface area contributed by atoms with E-state index in [1.54, 1.807) is 32.5 Å². The van der Waals surface area contributed by atoms with Crippen LogP contribution < -0.4 is 15.4 Å². The van der Waals surface area contributed by atoms with Gasteiger partial charge in [-0.15, -0.1) is 0 Å². The maximum atomic E-state index is 12.7. The van der Waals surface area contributed by atoms with Crippen LogP contribution in [0.3, 0.4) is 0 Å². The van der Waals surface area contributed by atoms with Gasteiger partial charge in [0.1, 0.15) is 23.1 Å². The second-order valence-corrected chi connectivity index (χ2v) is 6.06. The molecule has 0 atom stereocenters. The first kappa shape index (κ1) is 18.3. The first-order chi connectivity index (χ1) is 13.0. The number of nitrogens with zero attached hydrogens (tertiary/aromatic N) is 3. The minimum atomic E-state index is -0.325. The Morgan fingerprint density at radius 3 is 2.74 bits per heavy atom. The summed E-state index contributed by atoms with van der Waals surface area (Å²) in [6.07, 6.45) is 3.50. The fourth-order valence-corrected chi connectivity index (χ4v) is 2.58. The van der Waals surface area contributed by atoms with Crippen LogP contribution in [0.2, 0.25) is 0 Å². The molecule has 3 aromatic rings. The number of carbonyl (C=O) groups excluding carboxylic acids is 1. The van der Waals surface area contributed by atoms with E-state index in [-0.39, 0.29) is 11.6 Å². The summed E-state index contributed by atoms with van der Waals surface area (Å²) in [5, 5.41) is 6.05. The van der Waals surface area contributed by atoms with Crippen LogP contribution in [-0.4, -0.2) is 28.0 Å². The number of benzene rings is 1. The quantitative estimate of drug-likeness (QED) is 0.698. The Bertz CT molecular complexity index is 944. The van der Waals surface area contributed by atoms with E-state index in [1.165, 1.54) is 0 Å². The zero-order chi connectivity index (χ0) is 19.2. The van der Waals surface area contributed by atoms with Gasteiger partial charge in [0.15, 0.2) is 0 Å². The third-order valence-electron chi connectivity index (χ3n) is 3.87. The minimum Gasteiger partial charge on any atom is -0.495 e. The number of carbonyl (C=O) groups is 1. The third-order valence-corrected chi connectivity index (χ3v) is 3.87. The van der Waals surface area contributed by atoms with Gasteiger partial charge >= 0.3 is 0 Å². The lowest BCUT2D eigenvalue weighted by Crippen LogP contribution is -2.16. The lowest BCUT2D eigenvalue weighted by molar-refractivity contribution is 0.102. The highest BCUT2D eigenvalue weighted by Gasteiger charge is 2.13. The van der Waals surface area contributed by atoms with Crippen molar-refractivity contribution in [3.63, 3.8) is 0 Å². The van der Waals surface area contributed by atoms with Gasteiger partial charge in [-0.2, -0.15) is 0 Å². The van der Waals surface area contributed by atoms with Gasteiger partial charge < -0.3 is 15.4 Å². The van der Waals surface area contributed by atoms with E-state index in [2.05, 4.69) is 25.6 Å². The van der Waals surface area contributed by atoms with Crippen LogP contribution in [0.25, 0.3) is 0 Å². The molecule has 1 aromatic carbocycles. The van der Waals surface area contributed by atoms with Crippen LogP contribution >= 0.6 is 0 Å². The number of anilines is 2. The predicted molar refractivity (Wildman–Crippen MR) is 104 cm³/mol. The summed E-state index contributed by atoms with van der Waals surface area (Å²) >= 11 is 0. The van der Waals surface area contributed by atoms with Crippen molar-refractivity contribution in [3.8, 4) is 5.75 Å². The molecule has 138 valence electrons. The van der Waals surface area contributed by atoms with Gasteiger partial charge in [0.25, 0.3) is 5.91 Å². The molecule has 1 amide bonds. The third kappa shape index (κ3) is 4.78. The molecule has 2 aromatic heterocycles. The molecule has 0 saturated carbocycles. The van der Waals surface area contributed by atoms with Crippen molar-refractivity contribution in [2.75, 3.05) is 17.7 Å². The molecule has 0 spiro atoms. The number of pyridine rings is 1. The summed E-state index contributed by atoms with van der Waals surface area (Å²) in [7, 11) is 1.57. The van der Waals surface area contributed by atoms with Crippen molar-refractivity contribution in [2.45, 2.75) is 20.4 Å². The standard InChI is InChI=1S/C20H21N5O2/c1-13-6-7-18(27-3)16(9-13)25-20(26)17-10-19(24-14(2)23-17)22-12-15-5-4-8-21-11-15/h4-11H,12H2,1-3H3,(H,25,26)(H,22,23,24). The van der Waals surface area contributed by atoms with Crippen LogP contribution in [0.1, 0.15) is 27.4 Å². The number of hydrogen-bond acceptors (Lipinski definition) is 6. The Hall–Kier alpha value is -3.48. The molecule has 0 bridgehead atoms. The van der Waals surface area contributed by atoms with Crippen LogP contribution in [0.4, 0.5) is 11.5 Å². The Kier molecular flexibility index (Phi) is 5.61. The number of ether oxygens (including phenoxy) is 1. The number of methoxy groups -OCH3 is 1. The summed E-state index contributed by atoms with van der Waals surface area (Å²) in [6, 6.07) is 11.1. The molecule has 27 heavy (non-hydrogen) atoms. The fraction of sp³-hybridized carbons (Fsp3) is 0.200. The molecular weight excluding hydrogens is 342 g/mol. The molecule has 0 aliphatic carbocycles. The van der Waals surface area contributed by atoms with Gasteiger partial charge in [-0.1, -0.05) is 12.1 Å². The molecule has 2 N–H and O–H groups in total. The Balaban J connectivity index is 1.77. The minimum absolute atomic E-state index is 0.278. The van der Waals surface area contributed by atoms with Gasteiger partial charge in [0.05, 0.1) is 12.8 Å². The van der Waals surface area contributed by atoms with Crippen molar-refractivity contribution < 1.29 is 9.53 Å². The molecule has 7 heteroatoms. The first-order valence-corrected chi connectivity index (χ1v) is 8.49. The molecule has 0 aliphatic rings. The summed E-state index contributed by atoms with van der Waals surface area (Å²) < 4.78 is 5.31. The van der Waals surface area contributed by atoms with Crippen LogP contribution in [0.5, 0.6) is 5.75 Å². The SMILES string of the molecule is COc1ccc(C)cc1NC(=O)c1cc(NCc2cccnc2)nc(C)n1. The highest BCUT2D eigenvalue weighted by Crippen LogP contribution is 2.25. The number of aryl methyl sites for hydroxylation is 2. The predicted octanol–water partition coefficient (Wildman–Crippen LogP) is 3.36. The number of aromatic nitrogens is 3. The Morgan fingerprint density at radius 2 is 2.00 bits per heavy atom. The van der Waals surface area contributed by atoms with Gasteiger partial charge in [0.2, 0.25) is 0 Å². The molecule has 0 saturated heterocycles. The molecular formula is C20H21N5O2. The second-order valence-electron chi connectivity index (χ2n) is 6.06. The van der Waals surface area contributed by atoms with E-state index >= 15 is 0 Å². The van der Waals surface area contributed by atoms with Crippen LogP contribution in [0, 0.1) is 13.8 Å². The Labute approximate surface area is 157 Å². The number of nitrogens with one attached hydrogen (secondary N) is 2. The molecule has 0 unspecified atom stereocenters. The lowest BCUT2D eigenvalue weighted by Gasteiger charge is -2.12. The smallest absolute Gasteiger partial charge is 0.274 e. The zero-order valence-corrected chi connectivity index (χ0v) is 15.5. The largest absolute Gasteiger partial charge is 0.495 e. The average molecular weight is 363 g/mol. The van der Waals surface area contributed by atoms with Crippen LogP contribution in [-0.2, 0) is 6.54 Å². The maximum absolute atomic E-state index is 12.7. The molecule has 0 aliphatic heterocycles. The van der Waals surface area contributed by atoms with Crippen molar-refractivity contribution in [2.24, 2.45) is 0 Å². The van der Waals surface area contributed by atoms with Gasteiger partial charge in [0, 0.05) is 25.0 Å². The van der Waals surface area contributed by atoms with Crippen molar-refractivity contribution in [1.82, 2.24) is 15.0 Å². The summed E-state index contributed by atoms with van der Waals surface area (Å²) in [5.41, 5.74) is 2.91. The number of hydrogen-bond donors (Lipinski definition) is 2. The zero-order valence-electron chi connectivity index (χ0n) is 15.5. The molecule has 2 heterocycles. The van der Waals surface area contributed by atoms with E-state index in [0.717, 1.165) is 11.1 Å². The second kappa shape index (κ2) is 8.27. The summed E-state index contributed by atoms with van der Waals surface area (Å²) in [5.74, 6) is 1.35. The first-order valence-electron chi connectivity index (χ1n) is 8.49. The Morgan fingerprint density at radius 1 is 1.15 bits per heavy atom. The fourth-order valence-electron chi connectivity index (χ4n) is 2.58. The highest BCUT2D eigenvalue weighted by atomic mass is 16.5.